The number of nitrogens with zero attached hydrogens (tertiary/aromatic N) is 5. The highest BCUT2D eigenvalue weighted by Crippen LogP contribution is 2.26. The summed E-state index contributed by atoms with van der Waals surface area (Å²) in [7, 11) is 0. The third kappa shape index (κ3) is 7.33. The third-order valence-corrected chi connectivity index (χ3v) is 7.10. The lowest BCUT2D eigenvalue weighted by Gasteiger charge is -2.25. The summed E-state index contributed by atoms with van der Waals surface area (Å²) < 4.78 is 6.56. The first-order valence-corrected chi connectivity index (χ1v) is 13.2. The average Bonchev–Trinajstić information content (AvgIpc) is 3.59. The molecule has 1 fully saturated rings. The summed E-state index contributed by atoms with van der Waals surface area (Å²) in [5.41, 5.74) is 1.35. The van der Waals surface area contributed by atoms with Gasteiger partial charge in [-0.3, -0.25) is 19.3 Å². The molecule has 1 saturated heterocycles. The molecule has 2 heterocycles. The summed E-state index contributed by atoms with van der Waals surface area (Å²) >= 11 is 12.5. The van der Waals surface area contributed by atoms with E-state index in [1.165, 1.54) is 9.58 Å². The lowest BCUT2D eigenvalue weighted by atomic mass is 10.1. The third-order valence-electron chi connectivity index (χ3n) is 6.39. The molecule has 14 heteroatoms. The Morgan fingerprint density at radius 3 is 2.50 bits per heavy atom. The molecular weight excluding hydrogens is 563 g/mol. The second kappa shape index (κ2) is 13.4. The summed E-state index contributed by atoms with van der Waals surface area (Å²) in [6.45, 7) is -0.0731. The van der Waals surface area contributed by atoms with E-state index >= 15 is 0 Å². The van der Waals surface area contributed by atoms with Gasteiger partial charge in [-0.25, -0.2) is 9.48 Å². The Bertz CT molecular complexity index is 1360. The van der Waals surface area contributed by atoms with Crippen LogP contribution in [0.3, 0.4) is 0 Å². The standard InChI is InChI=1S/C26H26Cl2N6O6/c27-18-8-4-9-19(28)17(18)12-23-30-31-32-34(23)14-22(35)20(13-24(36)37)29-25(38)21-10-5-11-33(21)26(39)40-15-16-6-2-1-3-7-16/h1-4,6-9,20-21H,5,10-15H2,(H,29,38)(H,36,37). The van der Waals surface area contributed by atoms with Crippen LogP contribution in [0.2, 0.25) is 10.0 Å². The van der Waals surface area contributed by atoms with E-state index in [9.17, 15) is 24.3 Å². The SMILES string of the molecule is O=C(O)CC(NC(=O)C1CCCN1C(=O)OCc1ccccc1)C(=O)Cn1nnnc1Cc1c(Cl)cccc1Cl. The van der Waals surface area contributed by atoms with Gasteiger partial charge in [0.2, 0.25) is 5.91 Å². The molecule has 1 aromatic heterocycles. The van der Waals surface area contributed by atoms with Crippen molar-refractivity contribution in [2.24, 2.45) is 0 Å². The maximum absolute atomic E-state index is 13.2. The Hall–Kier alpha value is -4.03. The van der Waals surface area contributed by atoms with Crippen molar-refractivity contribution >= 4 is 47.0 Å². The van der Waals surface area contributed by atoms with E-state index in [0.717, 1.165) is 5.56 Å². The van der Waals surface area contributed by atoms with Crippen molar-refractivity contribution in [3.05, 3.63) is 75.5 Å². The van der Waals surface area contributed by atoms with Crippen LogP contribution in [-0.2, 0) is 38.7 Å². The fourth-order valence-corrected chi connectivity index (χ4v) is 4.87. The van der Waals surface area contributed by atoms with Gasteiger partial charge < -0.3 is 15.2 Å². The van der Waals surface area contributed by atoms with Crippen molar-refractivity contribution in [3.8, 4) is 0 Å². The monoisotopic (exact) mass is 588 g/mol. The number of amides is 2. The molecule has 0 saturated carbocycles. The van der Waals surface area contributed by atoms with Crippen LogP contribution in [0.5, 0.6) is 0 Å². The number of carbonyl (C=O) groups is 4. The molecule has 2 atom stereocenters. The van der Waals surface area contributed by atoms with E-state index in [2.05, 4.69) is 20.8 Å². The predicted octanol–water partition coefficient (Wildman–Crippen LogP) is 2.90. The molecule has 0 aliphatic carbocycles. The number of benzene rings is 2. The highest BCUT2D eigenvalue weighted by Gasteiger charge is 2.37. The smallest absolute Gasteiger partial charge is 0.410 e. The minimum atomic E-state index is -1.38. The van der Waals surface area contributed by atoms with Gasteiger partial charge in [0.15, 0.2) is 11.6 Å². The summed E-state index contributed by atoms with van der Waals surface area (Å²) in [6.07, 6.45) is -0.315. The molecule has 0 spiro atoms. The molecular formula is C26H26Cl2N6O6. The van der Waals surface area contributed by atoms with Gasteiger partial charge in [0, 0.05) is 23.0 Å². The number of hydrogen-bond acceptors (Lipinski definition) is 8. The average molecular weight is 589 g/mol. The minimum Gasteiger partial charge on any atom is -0.481 e. The van der Waals surface area contributed by atoms with E-state index in [4.69, 9.17) is 27.9 Å². The van der Waals surface area contributed by atoms with E-state index in [1.807, 2.05) is 30.3 Å². The number of aromatic nitrogens is 4. The molecule has 2 N–H and O–H groups in total. The topological polar surface area (TPSA) is 157 Å². The van der Waals surface area contributed by atoms with E-state index in [-0.39, 0.29) is 18.9 Å². The summed E-state index contributed by atoms with van der Waals surface area (Å²) in [4.78, 5) is 51.8. The van der Waals surface area contributed by atoms with E-state index in [1.54, 1.807) is 18.2 Å². The molecule has 2 unspecified atom stereocenters. The first-order valence-electron chi connectivity index (χ1n) is 12.4. The van der Waals surface area contributed by atoms with Crippen molar-refractivity contribution in [3.63, 3.8) is 0 Å². The Labute approximate surface area is 239 Å². The van der Waals surface area contributed by atoms with Gasteiger partial charge in [-0.05, 0) is 46.5 Å². The number of ether oxygens (including phenoxy) is 1. The second-order valence-electron chi connectivity index (χ2n) is 9.15. The number of hydrogen-bond donors (Lipinski definition) is 2. The first kappa shape index (κ1) is 29.0. The molecule has 2 amide bonds. The number of carboxylic acid groups (broad SMARTS) is 1. The number of halogens is 2. The Morgan fingerprint density at radius 1 is 1.07 bits per heavy atom. The Balaban J connectivity index is 1.41. The number of rotatable bonds is 11. The Morgan fingerprint density at radius 2 is 1.80 bits per heavy atom. The summed E-state index contributed by atoms with van der Waals surface area (Å²) in [6, 6.07) is 11.8. The van der Waals surface area contributed by atoms with Crippen molar-refractivity contribution in [1.82, 2.24) is 30.4 Å². The van der Waals surface area contributed by atoms with Gasteiger partial charge in [0.25, 0.3) is 0 Å². The number of aliphatic carboxylic acids is 1. The highest BCUT2D eigenvalue weighted by atomic mass is 35.5. The lowest BCUT2D eigenvalue weighted by molar-refractivity contribution is -0.140. The van der Waals surface area contributed by atoms with Crippen LogP contribution in [0.25, 0.3) is 0 Å². The number of nitrogens with one attached hydrogen (secondary N) is 1. The van der Waals surface area contributed by atoms with Crippen molar-refractivity contribution in [1.29, 1.82) is 0 Å². The van der Waals surface area contributed by atoms with Crippen LogP contribution < -0.4 is 5.32 Å². The Kier molecular flexibility index (Phi) is 9.67. The molecule has 12 nitrogen and oxygen atoms in total. The normalized spacial score (nSPS) is 15.4. The van der Waals surface area contributed by atoms with Crippen molar-refractivity contribution < 1.29 is 29.0 Å². The molecule has 1 aliphatic heterocycles. The van der Waals surface area contributed by atoms with Gasteiger partial charge in [-0.2, -0.15) is 0 Å². The van der Waals surface area contributed by atoms with Crippen LogP contribution in [0.4, 0.5) is 4.79 Å². The zero-order valence-electron chi connectivity index (χ0n) is 21.2. The van der Waals surface area contributed by atoms with Gasteiger partial charge in [0.05, 0.1) is 12.5 Å². The fourth-order valence-electron chi connectivity index (χ4n) is 4.34. The maximum Gasteiger partial charge on any atom is 0.410 e. The molecule has 0 bridgehead atoms. The number of carboxylic acids is 1. The van der Waals surface area contributed by atoms with Crippen LogP contribution in [0.1, 0.15) is 36.2 Å². The molecule has 4 rings (SSSR count). The predicted molar refractivity (Wildman–Crippen MR) is 143 cm³/mol. The molecule has 3 aromatic rings. The van der Waals surface area contributed by atoms with Crippen LogP contribution in [0.15, 0.2) is 48.5 Å². The van der Waals surface area contributed by atoms with Gasteiger partial charge in [-0.1, -0.05) is 59.6 Å². The number of tetrazole rings is 1. The lowest BCUT2D eigenvalue weighted by Crippen LogP contribution is -2.52. The summed E-state index contributed by atoms with van der Waals surface area (Å²) in [5, 5.41) is 24.1. The first-order chi connectivity index (χ1) is 19.2. The number of carbonyl (C=O) groups excluding carboxylic acids is 3. The number of Topliss-reactive ketones (excluding diaryl/α,β-unsaturated/α-hetero) is 1. The van der Waals surface area contributed by atoms with Crippen LogP contribution in [-0.4, -0.2) is 72.6 Å². The van der Waals surface area contributed by atoms with Crippen molar-refractivity contribution in [2.75, 3.05) is 6.54 Å². The zero-order chi connectivity index (χ0) is 28.6. The molecule has 0 radical (unpaired) electrons. The molecule has 1 aliphatic rings. The highest BCUT2D eigenvalue weighted by molar-refractivity contribution is 6.36. The zero-order valence-corrected chi connectivity index (χ0v) is 22.7. The van der Waals surface area contributed by atoms with E-state index < -0.39 is 48.8 Å². The molecule has 210 valence electrons. The van der Waals surface area contributed by atoms with Crippen molar-refractivity contribution in [2.45, 2.75) is 50.9 Å². The van der Waals surface area contributed by atoms with E-state index in [0.29, 0.717) is 35.0 Å². The molecule has 2 aromatic carbocycles. The quantitative estimate of drug-likeness (QED) is 0.343. The number of likely N-dealkylation sites (tertiary alicyclic amines) is 1. The van der Waals surface area contributed by atoms with Crippen LogP contribution >= 0.6 is 23.2 Å². The van der Waals surface area contributed by atoms with Gasteiger partial charge in [0.1, 0.15) is 19.2 Å². The second-order valence-corrected chi connectivity index (χ2v) is 9.96. The van der Waals surface area contributed by atoms with Gasteiger partial charge >= 0.3 is 12.1 Å². The fraction of sp³-hybridized carbons (Fsp3) is 0.346. The maximum atomic E-state index is 13.2. The van der Waals surface area contributed by atoms with Crippen LogP contribution in [0, 0.1) is 0 Å². The number of ketones is 1. The molecule has 40 heavy (non-hydrogen) atoms. The largest absolute Gasteiger partial charge is 0.481 e. The van der Waals surface area contributed by atoms with Gasteiger partial charge in [-0.15, -0.1) is 5.10 Å². The minimum absolute atomic E-state index is 0.0400. The summed E-state index contributed by atoms with van der Waals surface area (Å²) in [5.74, 6) is -2.30.